The summed E-state index contributed by atoms with van der Waals surface area (Å²) in [7, 11) is -4.89. The molecule has 10 nitrogen and oxygen atoms in total. The van der Waals surface area contributed by atoms with Gasteiger partial charge in [0.1, 0.15) is 19.8 Å². The molecule has 2 N–H and O–H groups in total. The summed E-state index contributed by atoms with van der Waals surface area (Å²) in [5.41, 5.74) is -1.43. The van der Waals surface area contributed by atoms with Crippen LogP contribution in [0.4, 0.5) is 0 Å². The van der Waals surface area contributed by atoms with E-state index >= 15 is 0 Å². The van der Waals surface area contributed by atoms with Gasteiger partial charge in [-0.05, 0) is 32.1 Å². The molecule has 1 heterocycles. The van der Waals surface area contributed by atoms with Gasteiger partial charge in [-0.15, -0.1) is 0 Å². The van der Waals surface area contributed by atoms with Crippen LogP contribution in [0.1, 0.15) is 129 Å². The normalized spacial score (nSPS) is 20.0. The van der Waals surface area contributed by atoms with Crippen molar-refractivity contribution >= 4 is 28.0 Å². The fraction of sp³-hybridized carbons (Fsp3) is 0.839. The van der Waals surface area contributed by atoms with E-state index in [1.165, 1.54) is 77.0 Å². The van der Waals surface area contributed by atoms with Crippen LogP contribution in [-0.4, -0.2) is 67.7 Å². The van der Waals surface area contributed by atoms with Crippen LogP contribution in [0.5, 0.6) is 0 Å². The zero-order chi connectivity index (χ0) is 31.1. The van der Waals surface area contributed by atoms with Crippen molar-refractivity contribution in [1.82, 2.24) is 0 Å². The first-order valence-corrected chi connectivity index (χ1v) is 17.3. The van der Waals surface area contributed by atoms with E-state index in [2.05, 4.69) is 19.1 Å². The van der Waals surface area contributed by atoms with Crippen LogP contribution in [-0.2, 0) is 38.7 Å². The average molecular weight is 619 g/mol. The molecule has 0 aromatic rings. The molecule has 1 fully saturated rings. The molecule has 0 bridgehead atoms. The van der Waals surface area contributed by atoms with E-state index in [0.29, 0.717) is 6.42 Å². The van der Waals surface area contributed by atoms with Crippen LogP contribution in [0, 0.1) is 5.41 Å². The molecule has 0 saturated carbocycles. The van der Waals surface area contributed by atoms with Crippen molar-refractivity contribution in [3.63, 3.8) is 0 Å². The number of carbonyl (C=O) groups excluding carboxylic acids is 3. The lowest BCUT2D eigenvalue weighted by molar-refractivity contribution is -0.161. The van der Waals surface area contributed by atoms with Gasteiger partial charge in [-0.25, -0.2) is 0 Å². The molecule has 1 saturated heterocycles. The summed E-state index contributed by atoms with van der Waals surface area (Å²) in [6.45, 7) is 0.223. The molecule has 1 aliphatic heterocycles. The molecule has 0 amide bonds. The van der Waals surface area contributed by atoms with Crippen molar-refractivity contribution in [2.75, 3.05) is 26.4 Å². The molecule has 0 aromatic carbocycles. The Labute approximate surface area is 252 Å². The maximum Gasteiger partial charge on any atom is 0.327 e. The highest BCUT2D eigenvalue weighted by atomic mass is 32.2. The largest absolute Gasteiger partial charge is 0.465 e. The lowest BCUT2D eigenvalue weighted by Crippen LogP contribution is -2.42. The lowest BCUT2D eigenvalue weighted by Gasteiger charge is -2.29. The summed E-state index contributed by atoms with van der Waals surface area (Å²) >= 11 is 0. The number of ether oxygens (including phenoxy) is 3. The number of hydrogen-bond donors (Lipinski definition) is 2. The SMILES string of the molecule is CCCCCCCCCC/C=C/CCCCCCCCCC(=O)OCC1(CO)COC(=O)CC(S(=O)(=O)O)C(=O)OC1. The summed E-state index contributed by atoms with van der Waals surface area (Å²) in [6, 6.07) is 0. The molecule has 1 aliphatic rings. The van der Waals surface area contributed by atoms with Crippen molar-refractivity contribution in [3.05, 3.63) is 12.2 Å². The van der Waals surface area contributed by atoms with Gasteiger partial charge in [0.25, 0.3) is 10.1 Å². The van der Waals surface area contributed by atoms with Crippen LogP contribution in [0.15, 0.2) is 12.2 Å². The molecule has 2 atom stereocenters. The Morgan fingerprint density at radius 1 is 0.857 bits per heavy atom. The van der Waals surface area contributed by atoms with Gasteiger partial charge in [0.15, 0.2) is 5.25 Å². The number of unbranched alkanes of at least 4 members (excludes halogenated alkanes) is 15. The van der Waals surface area contributed by atoms with E-state index in [1.54, 1.807) is 0 Å². The van der Waals surface area contributed by atoms with Crippen LogP contribution < -0.4 is 0 Å². The molecular weight excluding hydrogens is 564 g/mol. The number of aliphatic hydroxyl groups is 1. The quantitative estimate of drug-likeness (QED) is 0.0468. The Morgan fingerprint density at radius 2 is 1.36 bits per heavy atom. The fourth-order valence-electron chi connectivity index (χ4n) is 4.69. The zero-order valence-electron chi connectivity index (χ0n) is 25.6. The maximum atomic E-state index is 12.2. The Kier molecular flexibility index (Phi) is 20.4. The van der Waals surface area contributed by atoms with Crippen molar-refractivity contribution in [1.29, 1.82) is 0 Å². The predicted molar refractivity (Wildman–Crippen MR) is 160 cm³/mol. The highest BCUT2D eigenvalue weighted by Crippen LogP contribution is 2.23. The van der Waals surface area contributed by atoms with Gasteiger partial charge in [-0.3, -0.25) is 18.9 Å². The number of hydrogen-bond acceptors (Lipinski definition) is 9. The Balaban J connectivity index is 2.11. The first kappa shape index (κ1) is 38.0. The first-order valence-electron chi connectivity index (χ1n) is 15.8. The molecule has 0 aliphatic carbocycles. The molecule has 0 radical (unpaired) electrons. The number of esters is 3. The van der Waals surface area contributed by atoms with E-state index in [4.69, 9.17) is 14.2 Å². The van der Waals surface area contributed by atoms with E-state index in [0.717, 1.165) is 25.7 Å². The average Bonchev–Trinajstić information content (AvgIpc) is 3.02. The van der Waals surface area contributed by atoms with E-state index < -0.39 is 64.9 Å². The number of aliphatic hydroxyl groups excluding tert-OH is 1. The second-order valence-corrected chi connectivity index (χ2v) is 13.1. The highest BCUT2D eigenvalue weighted by molar-refractivity contribution is 7.87. The Morgan fingerprint density at radius 3 is 1.88 bits per heavy atom. The van der Waals surface area contributed by atoms with E-state index in [9.17, 15) is 32.5 Å². The van der Waals surface area contributed by atoms with E-state index in [-0.39, 0.29) is 13.0 Å². The first-order chi connectivity index (χ1) is 20.1. The van der Waals surface area contributed by atoms with Gasteiger partial charge in [-0.2, -0.15) is 8.42 Å². The molecule has 244 valence electrons. The van der Waals surface area contributed by atoms with Crippen molar-refractivity contribution in [2.24, 2.45) is 5.41 Å². The van der Waals surface area contributed by atoms with Crippen LogP contribution in [0.3, 0.4) is 0 Å². The summed E-state index contributed by atoms with van der Waals surface area (Å²) in [6.07, 6.45) is 24.4. The minimum absolute atomic E-state index is 0.190. The Bertz CT molecular complexity index is 901. The summed E-state index contributed by atoms with van der Waals surface area (Å²) in [5, 5.41) is 7.74. The topological polar surface area (TPSA) is 154 Å². The monoisotopic (exact) mass is 618 g/mol. The molecule has 0 aromatic heterocycles. The second kappa shape index (κ2) is 22.5. The van der Waals surface area contributed by atoms with Gasteiger partial charge in [0.2, 0.25) is 0 Å². The molecule has 1 rings (SSSR count). The number of carbonyl (C=O) groups is 3. The van der Waals surface area contributed by atoms with Gasteiger partial charge in [0.05, 0.1) is 18.4 Å². The fourth-order valence-corrected chi connectivity index (χ4v) is 5.34. The summed E-state index contributed by atoms with van der Waals surface area (Å²) in [4.78, 5) is 36.2. The standard InChI is InChI=1S/C31H54O10S/c1-2-3-4-5-6-7-8-9-10-11-12-13-14-15-16-17-18-19-20-21-28(33)39-24-31(23-32)25-40-29(34)22-27(42(36,37)38)30(35)41-26-31/h11-12,27,32H,2-10,13-26H2,1H3,(H,36,37,38)/b12-11+. The number of rotatable bonds is 23. The highest BCUT2D eigenvalue weighted by Gasteiger charge is 2.42. The molecule has 2 unspecified atom stereocenters. The van der Waals surface area contributed by atoms with Gasteiger partial charge in [-0.1, -0.05) is 96.1 Å². The third kappa shape index (κ3) is 17.9. The predicted octanol–water partition coefficient (Wildman–Crippen LogP) is 5.85. The van der Waals surface area contributed by atoms with Crippen molar-refractivity contribution in [3.8, 4) is 0 Å². The summed E-state index contributed by atoms with van der Waals surface area (Å²) < 4.78 is 47.2. The third-order valence-electron chi connectivity index (χ3n) is 7.55. The molecule has 42 heavy (non-hydrogen) atoms. The summed E-state index contributed by atoms with van der Waals surface area (Å²) in [5.74, 6) is -2.90. The third-order valence-corrected chi connectivity index (χ3v) is 8.63. The van der Waals surface area contributed by atoms with Crippen LogP contribution >= 0.6 is 0 Å². The smallest absolute Gasteiger partial charge is 0.327 e. The number of cyclic esters (lactones) is 2. The minimum atomic E-state index is -4.89. The minimum Gasteiger partial charge on any atom is -0.465 e. The van der Waals surface area contributed by atoms with Gasteiger partial charge in [0, 0.05) is 6.42 Å². The maximum absolute atomic E-state index is 12.2. The number of allylic oxidation sites excluding steroid dienone is 2. The second-order valence-electron chi connectivity index (χ2n) is 11.5. The molecular formula is C31H54O10S. The Hall–Kier alpha value is -1.98. The van der Waals surface area contributed by atoms with Crippen LogP contribution in [0.2, 0.25) is 0 Å². The van der Waals surface area contributed by atoms with Gasteiger partial charge < -0.3 is 19.3 Å². The lowest BCUT2D eigenvalue weighted by atomic mass is 9.92. The van der Waals surface area contributed by atoms with E-state index in [1.807, 2.05) is 0 Å². The zero-order valence-corrected chi connectivity index (χ0v) is 26.4. The van der Waals surface area contributed by atoms with Crippen molar-refractivity contribution < 1.29 is 46.7 Å². The molecule has 0 spiro atoms. The van der Waals surface area contributed by atoms with Gasteiger partial charge >= 0.3 is 17.9 Å². The van der Waals surface area contributed by atoms with Crippen LogP contribution in [0.25, 0.3) is 0 Å². The van der Waals surface area contributed by atoms with Crippen molar-refractivity contribution in [2.45, 2.75) is 134 Å². The molecule has 11 heteroatoms.